The third kappa shape index (κ3) is 2.62. The molecule has 1 aromatic heterocycles. The lowest BCUT2D eigenvalue weighted by atomic mass is 10.2. The van der Waals surface area contributed by atoms with Gasteiger partial charge >= 0.3 is 5.97 Å². The molecule has 1 N–H and O–H groups in total. The van der Waals surface area contributed by atoms with Crippen LogP contribution in [0.5, 0.6) is 0 Å². The van der Waals surface area contributed by atoms with E-state index in [-0.39, 0.29) is 22.7 Å². The Kier molecular flexibility index (Phi) is 4.05. The second kappa shape index (κ2) is 5.92. The first-order valence-electron chi connectivity index (χ1n) is 6.27. The number of H-pyrrole nitrogens is 1. The molecule has 0 aliphatic heterocycles. The maximum absolute atomic E-state index is 12.4. The first-order chi connectivity index (χ1) is 10.1. The summed E-state index contributed by atoms with van der Waals surface area (Å²) in [5.41, 5.74) is -0.284. The van der Waals surface area contributed by atoms with E-state index in [1.54, 1.807) is 37.3 Å². The summed E-state index contributed by atoms with van der Waals surface area (Å²) >= 11 is 0. The maximum Gasteiger partial charge on any atom is 0.349 e. The quantitative estimate of drug-likeness (QED) is 0.791. The molecular weight excluding hydrogens is 270 g/mol. The molecule has 0 saturated heterocycles. The summed E-state index contributed by atoms with van der Waals surface area (Å²) in [5, 5.41) is 12.0. The van der Waals surface area contributed by atoms with E-state index in [0.717, 1.165) is 0 Å². The zero-order valence-electron chi connectivity index (χ0n) is 11.4. The SMILES string of the molecule is C=c1[nH]n(-c2ccccc2)c(=O)c1=C(C#N)C(=O)OCC. The van der Waals surface area contributed by atoms with Gasteiger partial charge in [-0.3, -0.25) is 9.89 Å². The molecule has 2 aromatic rings. The summed E-state index contributed by atoms with van der Waals surface area (Å²) in [7, 11) is 0. The van der Waals surface area contributed by atoms with Crippen LogP contribution in [0.1, 0.15) is 6.92 Å². The van der Waals surface area contributed by atoms with Crippen LogP contribution in [0.25, 0.3) is 17.8 Å². The summed E-state index contributed by atoms with van der Waals surface area (Å²) in [6, 6.07) is 10.5. The van der Waals surface area contributed by atoms with Crippen LogP contribution in [0.15, 0.2) is 35.1 Å². The number of carbonyl (C=O) groups excluding carboxylic acids is 1. The van der Waals surface area contributed by atoms with Gasteiger partial charge in [0.2, 0.25) is 0 Å². The van der Waals surface area contributed by atoms with Crippen LogP contribution >= 0.6 is 0 Å². The topological polar surface area (TPSA) is 87.9 Å². The minimum absolute atomic E-state index is 0.0696. The Morgan fingerprint density at radius 3 is 2.67 bits per heavy atom. The smallest absolute Gasteiger partial charge is 0.349 e. The van der Waals surface area contributed by atoms with Gasteiger partial charge in [-0.25, -0.2) is 9.48 Å². The number of nitrogens with zero attached hydrogens (tertiary/aromatic N) is 2. The lowest BCUT2D eigenvalue weighted by molar-refractivity contribution is -0.136. The summed E-state index contributed by atoms with van der Waals surface area (Å²) < 4.78 is 6.02. The molecule has 0 aliphatic rings. The second-order valence-electron chi connectivity index (χ2n) is 4.15. The van der Waals surface area contributed by atoms with Crippen LogP contribution in [0.3, 0.4) is 0 Å². The largest absolute Gasteiger partial charge is 0.462 e. The molecule has 6 nitrogen and oxygen atoms in total. The third-order valence-corrected chi connectivity index (χ3v) is 2.82. The Balaban J connectivity index is 2.76. The fourth-order valence-electron chi connectivity index (χ4n) is 1.91. The zero-order valence-corrected chi connectivity index (χ0v) is 11.4. The Morgan fingerprint density at radius 2 is 2.10 bits per heavy atom. The van der Waals surface area contributed by atoms with Crippen LogP contribution < -0.4 is 16.1 Å². The number of hydrogen-bond donors (Lipinski definition) is 1. The van der Waals surface area contributed by atoms with Crippen LogP contribution in [0, 0.1) is 11.3 Å². The number of esters is 1. The number of carbonyl (C=O) groups is 1. The molecular formula is C15H13N3O3. The molecule has 0 spiro atoms. The summed E-state index contributed by atoms with van der Waals surface area (Å²) in [6.07, 6.45) is 0. The number of ether oxygens (including phenoxy) is 1. The lowest BCUT2D eigenvalue weighted by Crippen LogP contribution is -2.38. The van der Waals surface area contributed by atoms with Crippen LogP contribution in [-0.2, 0) is 9.53 Å². The fourth-order valence-corrected chi connectivity index (χ4v) is 1.91. The number of nitriles is 1. The first kappa shape index (κ1) is 14.3. The monoisotopic (exact) mass is 283 g/mol. The summed E-state index contributed by atoms with van der Waals surface area (Å²) in [5.74, 6) is -0.832. The molecule has 0 amide bonds. The minimum atomic E-state index is -0.832. The van der Waals surface area contributed by atoms with Crippen LogP contribution in [-0.4, -0.2) is 22.4 Å². The minimum Gasteiger partial charge on any atom is -0.462 e. The number of aromatic nitrogens is 2. The van der Waals surface area contributed by atoms with Crippen molar-refractivity contribution in [3.8, 4) is 11.8 Å². The molecule has 0 radical (unpaired) electrons. The van der Waals surface area contributed by atoms with Gasteiger partial charge in [-0.2, -0.15) is 5.26 Å². The predicted molar refractivity (Wildman–Crippen MR) is 76.8 cm³/mol. The van der Waals surface area contributed by atoms with Gasteiger partial charge < -0.3 is 4.74 Å². The van der Waals surface area contributed by atoms with Crippen molar-refractivity contribution >= 4 is 18.1 Å². The Morgan fingerprint density at radius 1 is 1.43 bits per heavy atom. The highest BCUT2D eigenvalue weighted by Crippen LogP contribution is 2.00. The van der Waals surface area contributed by atoms with E-state index < -0.39 is 11.5 Å². The number of benzene rings is 1. The van der Waals surface area contributed by atoms with Gasteiger partial charge in [-0.05, 0) is 19.1 Å². The summed E-state index contributed by atoms with van der Waals surface area (Å²) in [4.78, 5) is 24.2. The van der Waals surface area contributed by atoms with Crippen LogP contribution in [0.2, 0.25) is 0 Å². The van der Waals surface area contributed by atoms with Crippen LogP contribution in [0.4, 0.5) is 0 Å². The Labute approximate surface area is 120 Å². The van der Waals surface area contributed by atoms with Gasteiger partial charge in [0.1, 0.15) is 6.07 Å². The molecule has 0 fully saturated rings. The van der Waals surface area contributed by atoms with E-state index in [4.69, 9.17) is 10.00 Å². The second-order valence-corrected chi connectivity index (χ2v) is 4.15. The molecule has 1 heterocycles. The summed E-state index contributed by atoms with van der Waals surface area (Å²) in [6.45, 7) is 5.42. The van der Waals surface area contributed by atoms with Gasteiger partial charge in [0.15, 0.2) is 5.57 Å². The van der Waals surface area contributed by atoms with E-state index in [2.05, 4.69) is 11.7 Å². The van der Waals surface area contributed by atoms with Gasteiger partial charge in [0.25, 0.3) is 5.56 Å². The maximum atomic E-state index is 12.4. The van der Waals surface area contributed by atoms with Crippen molar-refractivity contribution < 1.29 is 9.53 Å². The average Bonchev–Trinajstić information content (AvgIpc) is 2.78. The van der Waals surface area contributed by atoms with Crippen molar-refractivity contribution in [3.05, 3.63) is 51.3 Å². The molecule has 2 rings (SSSR count). The van der Waals surface area contributed by atoms with Crippen molar-refractivity contribution in [1.82, 2.24) is 9.78 Å². The zero-order chi connectivity index (χ0) is 15.4. The van der Waals surface area contributed by atoms with Crippen molar-refractivity contribution in [2.75, 3.05) is 6.61 Å². The highest BCUT2D eigenvalue weighted by molar-refractivity contribution is 6.15. The predicted octanol–water partition coefficient (Wildman–Crippen LogP) is -0.187. The Hall–Kier alpha value is -3.07. The fraction of sp³-hybridized carbons (Fsp3) is 0.133. The van der Waals surface area contributed by atoms with Gasteiger partial charge in [0, 0.05) is 0 Å². The molecule has 6 heteroatoms. The Bertz CT molecular complexity index is 870. The van der Waals surface area contributed by atoms with Gasteiger partial charge in [-0.15, -0.1) is 0 Å². The van der Waals surface area contributed by atoms with Crippen molar-refractivity contribution in [2.24, 2.45) is 0 Å². The average molecular weight is 283 g/mol. The molecule has 0 unspecified atom stereocenters. The molecule has 0 atom stereocenters. The number of rotatable bonds is 3. The molecule has 21 heavy (non-hydrogen) atoms. The highest BCUT2D eigenvalue weighted by atomic mass is 16.5. The van der Waals surface area contributed by atoms with E-state index in [1.165, 1.54) is 4.68 Å². The first-order valence-corrected chi connectivity index (χ1v) is 6.27. The standard InChI is InChI=1S/C15H13N3O3/c1-3-21-15(20)12(9-16)13-10(2)17-18(14(13)19)11-7-5-4-6-8-11/h4-8,17H,2-3H2,1H3. The number of hydrogen-bond acceptors (Lipinski definition) is 4. The molecule has 0 bridgehead atoms. The molecule has 0 saturated carbocycles. The molecule has 0 aliphatic carbocycles. The van der Waals surface area contributed by atoms with Crippen molar-refractivity contribution in [3.63, 3.8) is 0 Å². The van der Waals surface area contributed by atoms with E-state index >= 15 is 0 Å². The van der Waals surface area contributed by atoms with Gasteiger partial charge in [0.05, 0.1) is 22.9 Å². The highest BCUT2D eigenvalue weighted by Gasteiger charge is 2.16. The lowest BCUT2D eigenvalue weighted by Gasteiger charge is -1.99. The van der Waals surface area contributed by atoms with E-state index in [1.807, 2.05) is 6.07 Å². The van der Waals surface area contributed by atoms with E-state index in [9.17, 15) is 9.59 Å². The number of aromatic amines is 1. The third-order valence-electron chi connectivity index (χ3n) is 2.82. The number of nitrogens with one attached hydrogen (secondary N) is 1. The number of para-hydroxylation sites is 1. The molecule has 1 aromatic carbocycles. The van der Waals surface area contributed by atoms with Crippen molar-refractivity contribution in [1.29, 1.82) is 5.26 Å². The van der Waals surface area contributed by atoms with Crippen molar-refractivity contribution in [2.45, 2.75) is 6.92 Å². The molecule has 106 valence electrons. The normalized spacial score (nSPS) is 11.6. The van der Waals surface area contributed by atoms with Gasteiger partial charge in [-0.1, -0.05) is 24.8 Å². The van der Waals surface area contributed by atoms with E-state index in [0.29, 0.717) is 5.69 Å².